The first-order valence-corrected chi connectivity index (χ1v) is 15.5. The molecule has 13 heteroatoms. The number of nitrogen functional groups attached to an aromatic ring is 1. The van der Waals surface area contributed by atoms with Crippen molar-refractivity contribution in [2.75, 3.05) is 27.2 Å². The van der Waals surface area contributed by atoms with E-state index < -0.39 is 40.2 Å². The van der Waals surface area contributed by atoms with Crippen molar-refractivity contribution < 1.29 is 37.6 Å². The van der Waals surface area contributed by atoms with E-state index in [-0.39, 0.29) is 52.9 Å². The van der Waals surface area contributed by atoms with Crippen LogP contribution in [0.1, 0.15) is 49.7 Å². The number of methoxy groups -OCH3 is 1. The topological polar surface area (TPSA) is 153 Å². The number of halogens is 2. The number of esters is 1. The van der Waals surface area contributed by atoms with E-state index in [4.69, 9.17) is 30.1 Å². The number of nitrogens with one attached hydrogen (secondary N) is 1. The highest BCUT2D eigenvalue weighted by Gasteiger charge is 2.63. The van der Waals surface area contributed by atoms with Crippen molar-refractivity contribution in [3.63, 3.8) is 0 Å². The molecule has 1 aromatic heterocycles. The number of hydrogen-bond donors (Lipinski definition) is 3. The van der Waals surface area contributed by atoms with E-state index >= 15 is 8.78 Å². The van der Waals surface area contributed by atoms with E-state index in [9.17, 15) is 9.90 Å². The van der Waals surface area contributed by atoms with Crippen LogP contribution in [-0.2, 0) is 9.53 Å². The molecule has 1 aliphatic heterocycles. The van der Waals surface area contributed by atoms with E-state index in [1.165, 1.54) is 25.3 Å². The number of carbonyl (C=O) groups is 1. The van der Waals surface area contributed by atoms with Crippen molar-refractivity contribution in [3.8, 4) is 34.8 Å². The number of pyridine rings is 1. The van der Waals surface area contributed by atoms with Gasteiger partial charge >= 0.3 is 5.97 Å². The van der Waals surface area contributed by atoms with Gasteiger partial charge in [0.25, 0.3) is 11.8 Å². The largest absolute Gasteiger partial charge is 0.504 e. The fourth-order valence-electron chi connectivity index (χ4n) is 8.20. The Morgan fingerprint density at radius 2 is 1.79 bits per heavy atom. The Kier molecular flexibility index (Phi) is 7.44. The van der Waals surface area contributed by atoms with Crippen molar-refractivity contribution in [2.24, 2.45) is 28.0 Å². The summed E-state index contributed by atoms with van der Waals surface area (Å²) < 4.78 is 56.0. The zero-order valence-electron chi connectivity index (χ0n) is 26.0. The molecule has 4 bridgehead atoms. The summed E-state index contributed by atoms with van der Waals surface area (Å²) in [6, 6.07) is 10.7. The second-order valence-electron chi connectivity index (χ2n) is 13.2. The lowest BCUT2D eigenvalue weighted by atomic mass is 9.48. The second kappa shape index (κ2) is 11.4. The number of nitrogens with zero attached hydrogens (tertiary/aromatic N) is 3. The number of carbonyl (C=O) groups excluding carboxylic acids is 1. The summed E-state index contributed by atoms with van der Waals surface area (Å²) in [5, 5.41) is 18.2. The number of ether oxygens (including phenoxy) is 4. The summed E-state index contributed by atoms with van der Waals surface area (Å²) in [5.74, 6) is -4.60. The molecule has 5 aliphatic rings. The molecule has 0 amide bonds. The summed E-state index contributed by atoms with van der Waals surface area (Å²) in [5.41, 5.74) is 4.73. The smallest absolute Gasteiger partial charge is 0.311 e. The van der Waals surface area contributed by atoms with Gasteiger partial charge in [-0.25, -0.2) is 0 Å². The molecule has 0 spiro atoms. The van der Waals surface area contributed by atoms with Gasteiger partial charge in [0.15, 0.2) is 11.5 Å². The molecule has 0 radical (unpaired) electrons. The van der Waals surface area contributed by atoms with Crippen LogP contribution in [0.25, 0.3) is 0 Å². The maximum absolute atomic E-state index is 16.4. The third kappa shape index (κ3) is 5.47. The van der Waals surface area contributed by atoms with E-state index in [1.807, 2.05) is 18.0 Å². The van der Waals surface area contributed by atoms with Crippen LogP contribution in [0, 0.1) is 34.3 Å². The zero-order chi connectivity index (χ0) is 33.1. The number of nitrogens with two attached hydrogens (primary N) is 1. The standard InChI is InChI=1S/C34H35F2N5O6/c1-41-9-8-39-29(41)21-4-3-5-22(11-21)45-30-25(35)27(26(36)31(40-30)46-24-12-20(28(37)38)6-7-23(24)42)47-34-15-18-10-19(16-34)14-33(13-18,17-34)32(43)44-2/h3-7,11-12,18-19,42H,8-10,13-17H2,1-2H3,(H3,37,38). The second-order valence-corrected chi connectivity index (χ2v) is 13.2. The van der Waals surface area contributed by atoms with Crippen LogP contribution in [0.3, 0.4) is 0 Å². The Morgan fingerprint density at radius 1 is 1.06 bits per heavy atom. The van der Waals surface area contributed by atoms with Crippen LogP contribution >= 0.6 is 0 Å². The molecule has 4 fully saturated rings. The zero-order valence-corrected chi connectivity index (χ0v) is 26.0. The number of aromatic hydroxyl groups is 1. The Morgan fingerprint density at radius 3 is 2.45 bits per heavy atom. The summed E-state index contributed by atoms with van der Waals surface area (Å²) >= 11 is 0. The number of benzene rings is 2. The van der Waals surface area contributed by atoms with E-state index in [2.05, 4.69) is 9.98 Å². The molecule has 11 nitrogen and oxygen atoms in total. The lowest BCUT2D eigenvalue weighted by molar-refractivity contribution is -0.188. The first kappa shape index (κ1) is 30.7. The maximum Gasteiger partial charge on any atom is 0.311 e. The molecule has 3 aromatic rings. The summed E-state index contributed by atoms with van der Waals surface area (Å²) in [4.78, 5) is 23.6. The maximum atomic E-state index is 16.4. The highest BCUT2D eigenvalue weighted by molar-refractivity contribution is 6.00. The molecule has 246 valence electrons. The lowest BCUT2D eigenvalue weighted by Gasteiger charge is -2.60. The van der Waals surface area contributed by atoms with Gasteiger partial charge in [0.2, 0.25) is 17.4 Å². The van der Waals surface area contributed by atoms with Crippen LogP contribution in [0.15, 0.2) is 47.5 Å². The van der Waals surface area contributed by atoms with Gasteiger partial charge in [0, 0.05) is 31.1 Å². The van der Waals surface area contributed by atoms with Gasteiger partial charge in [0.1, 0.15) is 23.0 Å². The first-order valence-electron chi connectivity index (χ1n) is 15.5. The highest BCUT2D eigenvalue weighted by Crippen LogP contribution is 2.63. The van der Waals surface area contributed by atoms with Gasteiger partial charge in [-0.15, -0.1) is 0 Å². The van der Waals surface area contributed by atoms with Crippen molar-refractivity contribution in [1.29, 1.82) is 5.41 Å². The number of amidine groups is 2. The van der Waals surface area contributed by atoms with Crippen molar-refractivity contribution >= 4 is 17.6 Å². The predicted octanol–water partition coefficient (Wildman–Crippen LogP) is 5.52. The van der Waals surface area contributed by atoms with E-state index in [0.29, 0.717) is 32.2 Å². The Hall–Kier alpha value is -4.94. The lowest BCUT2D eigenvalue weighted by Crippen LogP contribution is -2.60. The minimum absolute atomic E-state index is 0.139. The summed E-state index contributed by atoms with van der Waals surface area (Å²) in [6.07, 6.45) is 3.51. The van der Waals surface area contributed by atoms with Crippen LogP contribution in [0.2, 0.25) is 0 Å². The number of rotatable bonds is 9. The molecule has 47 heavy (non-hydrogen) atoms. The predicted molar refractivity (Wildman–Crippen MR) is 166 cm³/mol. The van der Waals surface area contributed by atoms with Gasteiger partial charge in [0.05, 0.1) is 19.1 Å². The number of likely N-dealkylation sites (N-methyl/N-ethyl adjacent to an activating group) is 1. The first-order chi connectivity index (χ1) is 22.5. The molecule has 2 aromatic carbocycles. The molecule has 2 atom stereocenters. The van der Waals surface area contributed by atoms with E-state index in [0.717, 1.165) is 24.4 Å². The molecule has 0 saturated heterocycles. The highest BCUT2D eigenvalue weighted by atomic mass is 19.1. The van der Waals surface area contributed by atoms with Gasteiger partial charge in [-0.1, -0.05) is 12.1 Å². The number of aromatic nitrogens is 1. The van der Waals surface area contributed by atoms with E-state index in [1.54, 1.807) is 18.2 Å². The van der Waals surface area contributed by atoms with Crippen molar-refractivity contribution in [2.45, 2.75) is 44.1 Å². The average Bonchev–Trinajstić information content (AvgIpc) is 3.47. The fourth-order valence-corrected chi connectivity index (χ4v) is 8.20. The molecule has 4 aliphatic carbocycles. The van der Waals surface area contributed by atoms with Gasteiger partial charge in [-0.05, 0) is 74.3 Å². The van der Waals surface area contributed by atoms with Crippen molar-refractivity contribution in [1.82, 2.24) is 9.88 Å². The van der Waals surface area contributed by atoms with Crippen LogP contribution in [0.5, 0.6) is 34.8 Å². The average molecular weight is 648 g/mol. The van der Waals surface area contributed by atoms with Crippen molar-refractivity contribution in [3.05, 3.63) is 65.2 Å². The minimum Gasteiger partial charge on any atom is -0.504 e. The minimum atomic E-state index is -1.25. The number of phenolic OH excluding ortho intramolecular Hbond substituents is 1. The van der Waals surface area contributed by atoms with Gasteiger partial charge < -0.3 is 34.7 Å². The summed E-state index contributed by atoms with van der Waals surface area (Å²) in [6.45, 7) is 1.40. The molecular weight excluding hydrogens is 612 g/mol. The normalized spacial score (nSPS) is 25.8. The van der Waals surface area contributed by atoms with Crippen LogP contribution < -0.4 is 19.9 Å². The molecular formula is C34H35F2N5O6. The SMILES string of the molecule is COC(=O)C12CC3CC(CC(Oc4c(F)c(Oc5cccc(C6=NCCN6C)c5)nc(Oc5cc(C(=N)N)ccc5O)c4F)(C3)C1)C2. The van der Waals surface area contributed by atoms with Crippen LogP contribution in [-0.4, -0.2) is 65.5 Å². The summed E-state index contributed by atoms with van der Waals surface area (Å²) in [7, 11) is 3.27. The number of aliphatic imine (C=N–C) groups is 1. The van der Waals surface area contributed by atoms with Gasteiger partial charge in [-0.2, -0.15) is 13.8 Å². The Balaban J connectivity index is 1.30. The number of phenols is 1. The molecule has 4 saturated carbocycles. The van der Waals surface area contributed by atoms with Crippen LogP contribution in [0.4, 0.5) is 8.78 Å². The Bertz CT molecular complexity index is 1800. The third-order valence-electron chi connectivity index (χ3n) is 9.76. The monoisotopic (exact) mass is 647 g/mol. The van der Waals surface area contributed by atoms with Gasteiger partial charge in [-0.3, -0.25) is 15.2 Å². The fraction of sp³-hybridized carbons (Fsp3) is 0.412. The number of hydrogen-bond acceptors (Lipinski definition) is 10. The third-order valence-corrected chi connectivity index (χ3v) is 9.76. The molecule has 4 N–H and O–H groups in total. The molecule has 2 heterocycles. The Labute approximate surface area is 269 Å². The quantitative estimate of drug-likeness (QED) is 0.155. The molecule has 8 rings (SSSR count). The molecule has 2 unspecified atom stereocenters.